The van der Waals surface area contributed by atoms with Gasteiger partial charge in [0.25, 0.3) is 5.91 Å². The number of rotatable bonds is 7. The standard InChI is InChI=1S/C20H28N2O4/c1-4-26-20(25)18(13-14(2)3)21-19(24)15-5-7-16(8-6-15)22-11-9-17(23)10-12-22/h5-8,14,18H,4,9-13H2,1-3H3,(H,21,24)/t18-/m0/s1. The lowest BCUT2D eigenvalue weighted by Gasteiger charge is -2.28. The molecule has 1 amide bonds. The first-order valence-corrected chi connectivity index (χ1v) is 9.25. The summed E-state index contributed by atoms with van der Waals surface area (Å²) in [6.07, 6.45) is 1.67. The predicted molar refractivity (Wildman–Crippen MR) is 100 cm³/mol. The van der Waals surface area contributed by atoms with Gasteiger partial charge in [-0.3, -0.25) is 9.59 Å². The average Bonchev–Trinajstić information content (AvgIpc) is 2.61. The number of hydrogen-bond donors (Lipinski definition) is 1. The molecule has 0 saturated carbocycles. The SMILES string of the molecule is CCOC(=O)[C@H](CC(C)C)NC(=O)c1ccc(N2CCC(=O)CC2)cc1. The van der Waals surface area contributed by atoms with Crippen molar-refractivity contribution in [2.75, 3.05) is 24.6 Å². The Morgan fingerprint density at radius 2 is 1.77 bits per heavy atom. The van der Waals surface area contributed by atoms with Crippen LogP contribution in [-0.2, 0) is 14.3 Å². The number of Topliss-reactive ketones (excluding diaryl/α,β-unsaturated/α-hetero) is 1. The van der Waals surface area contributed by atoms with Gasteiger partial charge in [-0.1, -0.05) is 13.8 Å². The lowest BCUT2D eigenvalue weighted by molar-refractivity contribution is -0.145. The Morgan fingerprint density at radius 1 is 1.15 bits per heavy atom. The number of ketones is 1. The van der Waals surface area contributed by atoms with Gasteiger partial charge in [-0.15, -0.1) is 0 Å². The summed E-state index contributed by atoms with van der Waals surface area (Å²) in [5.41, 5.74) is 1.50. The number of nitrogens with zero attached hydrogens (tertiary/aromatic N) is 1. The van der Waals surface area contributed by atoms with Crippen LogP contribution in [-0.4, -0.2) is 43.4 Å². The fourth-order valence-corrected chi connectivity index (χ4v) is 3.01. The molecule has 1 atom stereocenters. The number of carbonyl (C=O) groups is 3. The highest BCUT2D eigenvalue weighted by atomic mass is 16.5. The van der Waals surface area contributed by atoms with Crippen LogP contribution in [0.5, 0.6) is 0 Å². The van der Waals surface area contributed by atoms with E-state index in [9.17, 15) is 14.4 Å². The summed E-state index contributed by atoms with van der Waals surface area (Å²) in [6.45, 7) is 7.45. The van der Waals surface area contributed by atoms with Crippen LogP contribution in [0.1, 0.15) is 50.4 Å². The Labute approximate surface area is 154 Å². The molecule has 0 bridgehead atoms. The molecule has 1 aromatic rings. The van der Waals surface area contributed by atoms with Gasteiger partial charge in [0.1, 0.15) is 11.8 Å². The molecule has 1 heterocycles. The molecular formula is C20H28N2O4. The van der Waals surface area contributed by atoms with Crippen LogP contribution >= 0.6 is 0 Å². The van der Waals surface area contributed by atoms with Gasteiger partial charge >= 0.3 is 5.97 Å². The Morgan fingerprint density at radius 3 is 2.31 bits per heavy atom. The van der Waals surface area contributed by atoms with Crippen LogP contribution in [0.3, 0.4) is 0 Å². The molecule has 1 N–H and O–H groups in total. The summed E-state index contributed by atoms with van der Waals surface area (Å²) in [7, 11) is 0. The van der Waals surface area contributed by atoms with Crippen LogP contribution in [0.25, 0.3) is 0 Å². The third-order valence-electron chi connectivity index (χ3n) is 4.40. The number of carbonyl (C=O) groups excluding carboxylic acids is 3. The lowest BCUT2D eigenvalue weighted by Crippen LogP contribution is -2.42. The minimum atomic E-state index is -0.643. The molecule has 0 unspecified atom stereocenters. The van der Waals surface area contributed by atoms with Gasteiger partial charge in [0.05, 0.1) is 6.61 Å². The highest BCUT2D eigenvalue weighted by molar-refractivity contribution is 5.97. The summed E-state index contributed by atoms with van der Waals surface area (Å²) in [5.74, 6) is -0.130. The first kappa shape index (κ1) is 19.9. The van der Waals surface area contributed by atoms with Crippen LogP contribution in [0, 0.1) is 5.92 Å². The van der Waals surface area contributed by atoms with E-state index in [-0.39, 0.29) is 18.4 Å². The monoisotopic (exact) mass is 360 g/mol. The normalized spacial score (nSPS) is 15.7. The molecule has 1 saturated heterocycles. The zero-order chi connectivity index (χ0) is 19.1. The molecule has 1 aromatic carbocycles. The Bertz CT molecular complexity index is 630. The number of benzene rings is 1. The molecule has 0 aromatic heterocycles. The Kier molecular flexibility index (Phi) is 7.18. The number of amides is 1. The molecule has 142 valence electrons. The fourth-order valence-electron chi connectivity index (χ4n) is 3.01. The van der Waals surface area contributed by atoms with Crippen LogP contribution < -0.4 is 10.2 Å². The van der Waals surface area contributed by atoms with Crippen molar-refractivity contribution >= 4 is 23.3 Å². The van der Waals surface area contributed by atoms with Crippen molar-refractivity contribution in [2.45, 2.75) is 46.1 Å². The predicted octanol–water partition coefficient (Wildman–Crippen LogP) is 2.56. The van der Waals surface area contributed by atoms with Gasteiger partial charge in [-0.25, -0.2) is 4.79 Å². The molecule has 1 fully saturated rings. The first-order chi connectivity index (χ1) is 12.4. The second-order valence-electron chi connectivity index (χ2n) is 6.98. The minimum Gasteiger partial charge on any atom is -0.464 e. The van der Waals surface area contributed by atoms with E-state index in [1.54, 1.807) is 19.1 Å². The molecule has 1 aliphatic rings. The maximum absolute atomic E-state index is 12.5. The summed E-state index contributed by atoms with van der Waals surface area (Å²) in [4.78, 5) is 38.0. The van der Waals surface area contributed by atoms with E-state index in [1.807, 2.05) is 26.0 Å². The van der Waals surface area contributed by atoms with Crippen molar-refractivity contribution in [1.82, 2.24) is 5.32 Å². The van der Waals surface area contributed by atoms with Crippen molar-refractivity contribution in [3.05, 3.63) is 29.8 Å². The molecule has 6 heteroatoms. The topological polar surface area (TPSA) is 75.7 Å². The number of esters is 1. The number of anilines is 1. The fraction of sp³-hybridized carbons (Fsp3) is 0.550. The van der Waals surface area contributed by atoms with Gasteiger partial charge in [0.2, 0.25) is 0 Å². The number of nitrogens with one attached hydrogen (secondary N) is 1. The van der Waals surface area contributed by atoms with Crippen molar-refractivity contribution in [3.63, 3.8) is 0 Å². The van der Waals surface area contributed by atoms with Crippen molar-refractivity contribution in [3.8, 4) is 0 Å². The number of piperidine rings is 1. The Hall–Kier alpha value is -2.37. The van der Waals surface area contributed by atoms with E-state index < -0.39 is 12.0 Å². The lowest BCUT2D eigenvalue weighted by atomic mass is 10.0. The molecule has 0 spiro atoms. The molecule has 2 rings (SSSR count). The smallest absolute Gasteiger partial charge is 0.328 e. The quantitative estimate of drug-likeness (QED) is 0.757. The first-order valence-electron chi connectivity index (χ1n) is 9.25. The second-order valence-corrected chi connectivity index (χ2v) is 6.98. The second kappa shape index (κ2) is 9.36. The number of ether oxygens (including phenoxy) is 1. The largest absolute Gasteiger partial charge is 0.464 e. The minimum absolute atomic E-state index is 0.258. The van der Waals surface area contributed by atoms with Crippen LogP contribution in [0.2, 0.25) is 0 Å². The molecular weight excluding hydrogens is 332 g/mol. The van der Waals surface area contributed by atoms with Gasteiger partial charge in [0.15, 0.2) is 0 Å². The highest BCUT2D eigenvalue weighted by Crippen LogP contribution is 2.19. The van der Waals surface area contributed by atoms with E-state index in [0.29, 0.717) is 43.7 Å². The molecule has 6 nitrogen and oxygen atoms in total. The Balaban J connectivity index is 2.01. The van der Waals surface area contributed by atoms with Gasteiger partial charge < -0.3 is 15.0 Å². The van der Waals surface area contributed by atoms with E-state index in [0.717, 1.165) is 5.69 Å². The average molecular weight is 360 g/mol. The molecule has 0 aliphatic carbocycles. The van der Waals surface area contributed by atoms with Gasteiger partial charge in [0, 0.05) is 37.2 Å². The zero-order valence-electron chi connectivity index (χ0n) is 15.8. The summed E-state index contributed by atoms with van der Waals surface area (Å²) in [5, 5.41) is 2.78. The number of hydrogen-bond acceptors (Lipinski definition) is 5. The molecule has 26 heavy (non-hydrogen) atoms. The zero-order valence-corrected chi connectivity index (χ0v) is 15.8. The maximum atomic E-state index is 12.5. The molecule has 1 aliphatic heterocycles. The third kappa shape index (κ3) is 5.58. The molecule has 0 radical (unpaired) electrons. The summed E-state index contributed by atoms with van der Waals surface area (Å²) in [6, 6.07) is 6.62. The van der Waals surface area contributed by atoms with E-state index in [1.165, 1.54) is 0 Å². The van der Waals surface area contributed by atoms with E-state index >= 15 is 0 Å². The summed E-state index contributed by atoms with van der Waals surface area (Å²) >= 11 is 0. The van der Waals surface area contributed by atoms with Crippen LogP contribution in [0.4, 0.5) is 5.69 Å². The van der Waals surface area contributed by atoms with E-state index in [2.05, 4.69) is 10.2 Å². The van der Waals surface area contributed by atoms with Gasteiger partial charge in [-0.2, -0.15) is 0 Å². The maximum Gasteiger partial charge on any atom is 0.328 e. The highest BCUT2D eigenvalue weighted by Gasteiger charge is 2.24. The van der Waals surface area contributed by atoms with E-state index in [4.69, 9.17) is 4.74 Å². The van der Waals surface area contributed by atoms with Crippen molar-refractivity contribution in [2.24, 2.45) is 5.92 Å². The van der Waals surface area contributed by atoms with Crippen molar-refractivity contribution in [1.29, 1.82) is 0 Å². The van der Waals surface area contributed by atoms with Crippen LogP contribution in [0.15, 0.2) is 24.3 Å². The third-order valence-corrected chi connectivity index (χ3v) is 4.40. The summed E-state index contributed by atoms with van der Waals surface area (Å²) < 4.78 is 5.06. The van der Waals surface area contributed by atoms with Gasteiger partial charge in [-0.05, 0) is 43.5 Å². The van der Waals surface area contributed by atoms with Crippen molar-refractivity contribution < 1.29 is 19.1 Å².